The summed E-state index contributed by atoms with van der Waals surface area (Å²) in [6.07, 6.45) is 4.89. The summed E-state index contributed by atoms with van der Waals surface area (Å²) in [4.78, 5) is 4.30. The third-order valence-corrected chi connectivity index (χ3v) is 3.80. The van der Waals surface area contributed by atoms with Crippen LogP contribution >= 0.6 is 0 Å². The SMILES string of the molecule is NC1(c2nc(-c3ccc(O)c(F)c3)no2)CCCCC1. The van der Waals surface area contributed by atoms with Gasteiger partial charge in [-0.25, -0.2) is 4.39 Å². The normalized spacial score (nSPS) is 18.1. The van der Waals surface area contributed by atoms with Gasteiger partial charge in [-0.15, -0.1) is 0 Å². The van der Waals surface area contributed by atoms with Crippen LogP contribution < -0.4 is 5.73 Å². The minimum absolute atomic E-state index is 0.286. The van der Waals surface area contributed by atoms with Gasteiger partial charge in [0.2, 0.25) is 11.7 Å². The molecule has 3 N–H and O–H groups in total. The van der Waals surface area contributed by atoms with Gasteiger partial charge in [0.25, 0.3) is 0 Å². The maximum Gasteiger partial charge on any atom is 0.247 e. The van der Waals surface area contributed by atoms with Crippen LogP contribution in [0.1, 0.15) is 38.0 Å². The summed E-state index contributed by atoms with van der Waals surface area (Å²) in [5.41, 5.74) is 6.20. The number of phenolic OH excluding ortho intramolecular Hbond substituents is 1. The quantitative estimate of drug-likeness (QED) is 0.881. The summed E-state index contributed by atoms with van der Waals surface area (Å²) >= 11 is 0. The average Bonchev–Trinajstić information content (AvgIpc) is 2.93. The number of phenols is 1. The highest BCUT2D eigenvalue weighted by molar-refractivity contribution is 5.56. The zero-order valence-corrected chi connectivity index (χ0v) is 11.0. The Labute approximate surface area is 115 Å². The van der Waals surface area contributed by atoms with Gasteiger partial charge in [-0.1, -0.05) is 24.4 Å². The molecule has 0 saturated heterocycles. The molecule has 1 aromatic carbocycles. The van der Waals surface area contributed by atoms with Crippen molar-refractivity contribution in [2.24, 2.45) is 5.73 Å². The predicted octanol–water partition coefficient (Wildman–Crippen LogP) is 2.70. The van der Waals surface area contributed by atoms with E-state index in [0.29, 0.717) is 11.5 Å². The first-order chi connectivity index (χ1) is 9.58. The van der Waals surface area contributed by atoms with E-state index in [-0.39, 0.29) is 5.82 Å². The van der Waals surface area contributed by atoms with Crippen molar-refractivity contribution < 1.29 is 14.0 Å². The van der Waals surface area contributed by atoms with Gasteiger partial charge in [-0.2, -0.15) is 4.98 Å². The molecule has 106 valence electrons. The molecule has 0 amide bonds. The molecule has 20 heavy (non-hydrogen) atoms. The Balaban J connectivity index is 1.91. The number of nitrogens with two attached hydrogens (primary N) is 1. The largest absolute Gasteiger partial charge is 0.505 e. The second kappa shape index (κ2) is 4.86. The van der Waals surface area contributed by atoms with Gasteiger partial charge in [-0.3, -0.25) is 0 Å². The van der Waals surface area contributed by atoms with Gasteiger partial charge in [0.15, 0.2) is 11.6 Å². The summed E-state index contributed by atoms with van der Waals surface area (Å²) in [5, 5.41) is 13.0. The van der Waals surface area contributed by atoms with E-state index in [2.05, 4.69) is 10.1 Å². The monoisotopic (exact) mass is 277 g/mol. The lowest BCUT2D eigenvalue weighted by Crippen LogP contribution is -2.38. The smallest absolute Gasteiger partial charge is 0.247 e. The number of hydrogen-bond donors (Lipinski definition) is 2. The second-order valence-corrected chi connectivity index (χ2v) is 5.31. The highest BCUT2D eigenvalue weighted by Gasteiger charge is 2.35. The first-order valence-electron chi connectivity index (χ1n) is 6.70. The zero-order valence-electron chi connectivity index (χ0n) is 11.0. The number of benzene rings is 1. The molecule has 0 spiro atoms. The van der Waals surface area contributed by atoms with Crippen LogP contribution in [-0.4, -0.2) is 15.2 Å². The van der Waals surface area contributed by atoms with Crippen molar-refractivity contribution in [3.05, 3.63) is 29.9 Å². The highest BCUT2D eigenvalue weighted by atomic mass is 19.1. The van der Waals surface area contributed by atoms with Crippen molar-refractivity contribution in [1.29, 1.82) is 0 Å². The van der Waals surface area contributed by atoms with Crippen molar-refractivity contribution in [2.45, 2.75) is 37.6 Å². The van der Waals surface area contributed by atoms with Crippen LogP contribution in [0.5, 0.6) is 5.75 Å². The van der Waals surface area contributed by atoms with Gasteiger partial charge >= 0.3 is 0 Å². The molecular weight excluding hydrogens is 261 g/mol. The van der Waals surface area contributed by atoms with Crippen molar-refractivity contribution >= 4 is 0 Å². The lowest BCUT2D eigenvalue weighted by Gasteiger charge is -2.29. The Hall–Kier alpha value is -1.95. The van der Waals surface area contributed by atoms with Crippen molar-refractivity contribution in [1.82, 2.24) is 10.1 Å². The first-order valence-corrected chi connectivity index (χ1v) is 6.70. The van der Waals surface area contributed by atoms with Crippen LogP contribution in [0.25, 0.3) is 11.4 Å². The molecule has 1 aromatic heterocycles. The molecule has 1 fully saturated rings. The number of halogens is 1. The number of aromatic hydroxyl groups is 1. The molecule has 1 aliphatic rings. The Bertz CT molecular complexity index is 621. The van der Waals surface area contributed by atoms with Gasteiger partial charge < -0.3 is 15.4 Å². The number of nitrogens with zero attached hydrogens (tertiary/aromatic N) is 2. The van der Waals surface area contributed by atoms with Gasteiger partial charge in [-0.05, 0) is 31.0 Å². The lowest BCUT2D eigenvalue weighted by molar-refractivity contribution is 0.220. The van der Waals surface area contributed by atoms with E-state index in [4.69, 9.17) is 10.3 Å². The van der Waals surface area contributed by atoms with E-state index < -0.39 is 17.1 Å². The van der Waals surface area contributed by atoms with Crippen LogP contribution in [0.2, 0.25) is 0 Å². The fourth-order valence-electron chi connectivity index (χ4n) is 2.59. The lowest BCUT2D eigenvalue weighted by atomic mass is 9.82. The van der Waals surface area contributed by atoms with Gasteiger partial charge in [0.1, 0.15) is 0 Å². The summed E-state index contributed by atoms with van der Waals surface area (Å²) in [6.45, 7) is 0. The molecule has 0 aliphatic heterocycles. The number of rotatable bonds is 2. The molecule has 0 unspecified atom stereocenters. The minimum Gasteiger partial charge on any atom is -0.505 e. The fourth-order valence-corrected chi connectivity index (χ4v) is 2.59. The molecule has 1 heterocycles. The Morgan fingerprint density at radius 2 is 2.00 bits per heavy atom. The topological polar surface area (TPSA) is 85.2 Å². The fraction of sp³-hybridized carbons (Fsp3) is 0.429. The first kappa shape index (κ1) is 13.1. The Kier molecular flexibility index (Phi) is 3.17. The molecule has 1 aliphatic carbocycles. The summed E-state index contributed by atoms with van der Waals surface area (Å²) < 4.78 is 18.6. The van der Waals surface area contributed by atoms with Gasteiger partial charge in [0, 0.05) is 5.56 Å². The second-order valence-electron chi connectivity index (χ2n) is 5.31. The Morgan fingerprint density at radius 3 is 2.70 bits per heavy atom. The summed E-state index contributed by atoms with van der Waals surface area (Å²) in [5.74, 6) is -0.427. The van der Waals surface area contributed by atoms with Crippen LogP contribution in [-0.2, 0) is 5.54 Å². The van der Waals surface area contributed by atoms with E-state index in [1.807, 2.05) is 0 Å². The average molecular weight is 277 g/mol. The van der Waals surface area contributed by atoms with Crippen molar-refractivity contribution in [3.8, 4) is 17.1 Å². The van der Waals surface area contributed by atoms with Crippen LogP contribution in [0, 0.1) is 5.82 Å². The molecular formula is C14H16FN3O2. The molecule has 5 nitrogen and oxygen atoms in total. The third kappa shape index (κ3) is 2.27. The van der Waals surface area contributed by atoms with Crippen LogP contribution in [0.3, 0.4) is 0 Å². The summed E-state index contributed by atoms with van der Waals surface area (Å²) in [7, 11) is 0. The van der Waals surface area contributed by atoms with E-state index in [1.54, 1.807) is 0 Å². The molecule has 0 atom stereocenters. The predicted molar refractivity (Wildman–Crippen MR) is 70.3 cm³/mol. The maximum absolute atomic E-state index is 13.3. The molecule has 0 radical (unpaired) electrons. The number of aromatic nitrogens is 2. The molecule has 1 saturated carbocycles. The van der Waals surface area contributed by atoms with E-state index in [9.17, 15) is 9.50 Å². The molecule has 3 rings (SSSR count). The van der Waals surface area contributed by atoms with Crippen molar-refractivity contribution in [2.75, 3.05) is 0 Å². The molecule has 2 aromatic rings. The zero-order chi connectivity index (χ0) is 14.2. The highest BCUT2D eigenvalue weighted by Crippen LogP contribution is 2.34. The minimum atomic E-state index is -0.714. The standard InChI is InChI=1S/C14H16FN3O2/c15-10-8-9(4-5-11(10)19)12-17-13(20-18-12)14(16)6-2-1-3-7-14/h4-5,8,19H,1-3,6-7,16H2. The van der Waals surface area contributed by atoms with Crippen LogP contribution in [0.15, 0.2) is 22.7 Å². The Morgan fingerprint density at radius 1 is 1.25 bits per heavy atom. The van der Waals surface area contributed by atoms with E-state index >= 15 is 0 Å². The van der Waals surface area contributed by atoms with Gasteiger partial charge in [0.05, 0.1) is 5.54 Å². The maximum atomic E-state index is 13.3. The van der Waals surface area contributed by atoms with E-state index in [1.165, 1.54) is 24.6 Å². The summed E-state index contributed by atoms with van der Waals surface area (Å²) in [6, 6.07) is 3.98. The number of hydrogen-bond acceptors (Lipinski definition) is 5. The van der Waals surface area contributed by atoms with E-state index in [0.717, 1.165) is 25.7 Å². The third-order valence-electron chi connectivity index (χ3n) is 3.80. The van der Waals surface area contributed by atoms with Crippen LogP contribution in [0.4, 0.5) is 4.39 Å². The molecule has 0 bridgehead atoms. The molecule has 6 heteroatoms. The van der Waals surface area contributed by atoms with Crippen molar-refractivity contribution in [3.63, 3.8) is 0 Å².